The highest BCUT2D eigenvalue weighted by atomic mass is 16.2. The van der Waals surface area contributed by atoms with E-state index in [1.165, 1.54) is 0 Å². The Morgan fingerprint density at radius 3 is 2.75 bits per heavy atom. The number of nitrogens with zero attached hydrogens (tertiary/aromatic N) is 3. The van der Waals surface area contributed by atoms with Gasteiger partial charge in [0.1, 0.15) is 5.69 Å². The van der Waals surface area contributed by atoms with Gasteiger partial charge in [-0.15, -0.1) is 0 Å². The Balaban J connectivity index is 1.87. The molecule has 0 atom stereocenters. The first-order valence-corrected chi connectivity index (χ1v) is 8.15. The first kappa shape index (κ1) is 16.5. The smallest absolute Gasteiger partial charge is 0.270 e. The van der Waals surface area contributed by atoms with E-state index in [0.29, 0.717) is 24.2 Å². The Kier molecular flexibility index (Phi) is 3.86. The molecule has 2 aromatic rings. The minimum atomic E-state index is -0.101. The van der Waals surface area contributed by atoms with Crippen LogP contribution in [0.1, 0.15) is 57.9 Å². The van der Waals surface area contributed by atoms with Gasteiger partial charge in [-0.3, -0.25) is 14.3 Å². The Morgan fingerprint density at radius 2 is 2.12 bits per heavy atom. The fourth-order valence-corrected chi connectivity index (χ4v) is 3.54. The Labute approximate surface area is 141 Å². The molecule has 6 nitrogen and oxygen atoms in total. The first-order chi connectivity index (χ1) is 11.2. The molecule has 1 N–H and O–H groups in total. The van der Waals surface area contributed by atoms with E-state index in [1.54, 1.807) is 22.8 Å². The third-order valence-corrected chi connectivity index (χ3v) is 4.64. The lowest BCUT2D eigenvalue weighted by atomic mass is 9.75. The molecular formula is C18H24N4O2. The molecule has 6 heteroatoms. The van der Waals surface area contributed by atoms with Gasteiger partial charge >= 0.3 is 0 Å². The van der Waals surface area contributed by atoms with Crippen molar-refractivity contribution in [2.24, 2.45) is 12.5 Å². The molecule has 0 aromatic carbocycles. The van der Waals surface area contributed by atoms with Gasteiger partial charge in [-0.1, -0.05) is 13.8 Å². The lowest BCUT2D eigenvalue weighted by molar-refractivity contribution is 0.0778. The average Bonchev–Trinajstić information content (AvgIpc) is 3.00. The summed E-state index contributed by atoms with van der Waals surface area (Å²) in [7, 11) is 3.61. The quantitative estimate of drug-likeness (QED) is 0.941. The summed E-state index contributed by atoms with van der Waals surface area (Å²) < 4.78 is 1.72. The van der Waals surface area contributed by atoms with Gasteiger partial charge in [-0.25, -0.2) is 0 Å². The number of aryl methyl sites for hydroxylation is 1. The van der Waals surface area contributed by atoms with Crippen molar-refractivity contribution >= 4 is 11.7 Å². The Bertz CT molecular complexity index is 813. The zero-order chi connectivity index (χ0) is 17.6. The summed E-state index contributed by atoms with van der Waals surface area (Å²) in [5.74, 6) is 0.0281. The van der Waals surface area contributed by atoms with E-state index in [4.69, 9.17) is 0 Å². The molecule has 0 saturated heterocycles. The number of amides is 1. The molecule has 24 heavy (non-hydrogen) atoms. The molecule has 0 spiro atoms. The van der Waals surface area contributed by atoms with Crippen LogP contribution in [-0.4, -0.2) is 38.4 Å². The first-order valence-electron chi connectivity index (χ1n) is 8.15. The Morgan fingerprint density at radius 1 is 1.42 bits per heavy atom. The monoisotopic (exact) mass is 328 g/mol. The fraction of sp³-hybridized carbons (Fsp3) is 0.500. The van der Waals surface area contributed by atoms with Crippen molar-refractivity contribution < 1.29 is 9.59 Å². The number of hydrogen-bond acceptors (Lipinski definition) is 3. The van der Waals surface area contributed by atoms with Crippen molar-refractivity contribution in [2.75, 3.05) is 7.05 Å². The van der Waals surface area contributed by atoms with E-state index in [2.05, 4.69) is 23.9 Å². The van der Waals surface area contributed by atoms with Crippen molar-refractivity contribution in [3.63, 3.8) is 0 Å². The van der Waals surface area contributed by atoms with Crippen LogP contribution in [0.15, 0.2) is 12.4 Å². The number of rotatable bonds is 3. The molecule has 128 valence electrons. The van der Waals surface area contributed by atoms with Gasteiger partial charge in [0.15, 0.2) is 5.78 Å². The number of Topliss-reactive ketones (excluding diaryl/α,β-unsaturated/α-hetero) is 1. The van der Waals surface area contributed by atoms with Gasteiger partial charge in [-0.05, 0) is 24.3 Å². The number of nitrogens with one attached hydrogen (secondary N) is 1. The number of H-pyrrole nitrogens is 1. The number of fused-ring (bicyclic) bond motifs is 1. The number of carbonyl (C=O) groups is 2. The van der Waals surface area contributed by atoms with Crippen LogP contribution < -0.4 is 0 Å². The van der Waals surface area contributed by atoms with Crippen LogP contribution in [0.4, 0.5) is 0 Å². The fourth-order valence-electron chi connectivity index (χ4n) is 3.54. The van der Waals surface area contributed by atoms with Crippen molar-refractivity contribution in [1.82, 2.24) is 19.7 Å². The zero-order valence-electron chi connectivity index (χ0n) is 14.9. The number of hydrogen-bond donors (Lipinski definition) is 1. The lowest BCUT2D eigenvalue weighted by Gasteiger charge is -2.28. The second-order valence-electron chi connectivity index (χ2n) is 7.60. The van der Waals surface area contributed by atoms with E-state index in [0.717, 1.165) is 23.2 Å². The minimum absolute atomic E-state index is 0.0662. The van der Waals surface area contributed by atoms with E-state index in [-0.39, 0.29) is 17.1 Å². The van der Waals surface area contributed by atoms with Crippen molar-refractivity contribution in [3.05, 3.63) is 40.5 Å². The lowest BCUT2D eigenvalue weighted by Crippen LogP contribution is -2.27. The number of ketones is 1. The maximum atomic E-state index is 12.8. The average molecular weight is 328 g/mol. The minimum Gasteiger partial charge on any atom is -0.354 e. The van der Waals surface area contributed by atoms with Crippen LogP contribution >= 0.6 is 0 Å². The highest BCUT2D eigenvalue weighted by Crippen LogP contribution is 2.36. The summed E-state index contributed by atoms with van der Waals surface area (Å²) in [5, 5.41) is 4.12. The molecule has 2 heterocycles. The van der Waals surface area contributed by atoms with Gasteiger partial charge in [0.25, 0.3) is 5.91 Å². The Hall–Kier alpha value is -2.37. The second kappa shape index (κ2) is 5.61. The molecule has 0 saturated carbocycles. The third kappa shape index (κ3) is 2.88. The summed E-state index contributed by atoms with van der Waals surface area (Å²) in [5.41, 5.74) is 3.81. The second-order valence-corrected chi connectivity index (χ2v) is 7.60. The standard InChI is InChI=1S/C18H24N4O2/c1-11-15-13(6-18(2,3)7-14(15)23)20-16(11)17(24)21(4)9-12-8-19-22(5)10-12/h8,10,20H,6-7,9H2,1-5H3. The van der Waals surface area contributed by atoms with Crippen LogP contribution in [0, 0.1) is 12.3 Å². The van der Waals surface area contributed by atoms with Gasteiger partial charge in [0.2, 0.25) is 0 Å². The highest BCUT2D eigenvalue weighted by Gasteiger charge is 2.35. The van der Waals surface area contributed by atoms with Crippen LogP contribution in [0.25, 0.3) is 0 Å². The van der Waals surface area contributed by atoms with Crippen LogP contribution in [0.3, 0.4) is 0 Å². The van der Waals surface area contributed by atoms with E-state index < -0.39 is 0 Å². The molecule has 1 aliphatic carbocycles. The third-order valence-electron chi connectivity index (χ3n) is 4.64. The SMILES string of the molecule is Cc1c(C(=O)N(C)Cc2cnn(C)c2)[nH]c2c1C(=O)CC(C)(C)C2. The summed E-state index contributed by atoms with van der Waals surface area (Å²) in [6, 6.07) is 0. The summed E-state index contributed by atoms with van der Waals surface area (Å²) in [6.07, 6.45) is 4.96. The maximum absolute atomic E-state index is 12.8. The van der Waals surface area contributed by atoms with Crippen molar-refractivity contribution in [1.29, 1.82) is 0 Å². The number of aromatic nitrogens is 3. The van der Waals surface area contributed by atoms with Crippen molar-refractivity contribution in [3.8, 4) is 0 Å². The normalized spacial score (nSPS) is 16.1. The van der Waals surface area contributed by atoms with E-state index >= 15 is 0 Å². The van der Waals surface area contributed by atoms with Crippen LogP contribution in [-0.2, 0) is 20.0 Å². The van der Waals surface area contributed by atoms with E-state index in [9.17, 15) is 9.59 Å². The largest absolute Gasteiger partial charge is 0.354 e. The zero-order valence-corrected chi connectivity index (χ0v) is 14.9. The van der Waals surface area contributed by atoms with E-state index in [1.807, 2.05) is 20.2 Å². The van der Waals surface area contributed by atoms with Crippen LogP contribution in [0.2, 0.25) is 0 Å². The van der Waals surface area contributed by atoms with Crippen LogP contribution in [0.5, 0.6) is 0 Å². The van der Waals surface area contributed by atoms with Crippen molar-refractivity contribution in [2.45, 2.75) is 40.2 Å². The highest BCUT2D eigenvalue weighted by molar-refractivity contribution is 6.04. The molecular weight excluding hydrogens is 304 g/mol. The summed E-state index contributed by atoms with van der Waals surface area (Å²) >= 11 is 0. The number of aromatic amines is 1. The molecule has 0 unspecified atom stereocenters. The predicted octanol–water partition coefficient (Wildman–Crippen LogP) is 2.48. The molecule has 1 aliphatic rings. The molecule has 0 fully saturated rings. The molecule has 0 bridgehead atoms. The summed E-state index contributed by atoms with van der Waals surface area (Å²) in [4.78, 5) is 30.2. The van der Waals surface area contributed by atoms with Gasteiger partial charge < -0.3 is 9.88 Å². The summed E-state index contributed by atoms with van der Waals surface area (Å²) in [6.45, 7) is 6.51. The molecule has 1 amide bonds. The van der Waals surface area contributed by atoms with Gasteiger partial charge in [0.05, 0.1) is 6.20 Å². The molecule has 2 aromatic heterocycles. The molecule has 3 rings (SSSR count). The predicted molar refractivity (Wildman–Crippen MR) is 91.0 cm³/mol. The maximum Gasteiger partial charge on any atom is 0.270 e. The molecule has 0 aliphatic heterocycles. The molecule has 0 radical (unpaired) electrons. The number of carbonyl (C=O) groups excluding carboxylic acids is 2. The topological polar surface area (TPSA) is 71.0 Å². The van der Waals surface area contributed by atoms with Gasteiger partial charge in [-0.2, -0.15) is 5.10 Å². The van der Waals surface area contributed by atoms with Gasteiger partial charge in [0, 0.05) is 50.1 Å².